The lowest BCUT2D eigenvalue weighted by atomic mass is 10.1. The number of alkyl halides is 3. The zero-order chi connectivity index (χ0) is 14.8. The normalized spacial score (nSPS) is 13.8. The second-order valence-corrected chi connectivity index (χ2v) is 5.12. The highest BCUT2D eigenvalue weighted by atomic mass is 32.2. The summed E-state index contributed by atoms with van der Waals surface area (Å²) in [5.74, 6) is -3.49. The predicted molar refractivity (Wildman–Crippen MR) is 65.4 cm³/mol. The summed E-state index contributed by atoms with van der Waals surface area (Å²) in [6, 6.07) is -0.226. The average Bonchev–Trinajstić information content (AvgIpc) is 2.57. The van der Waals surface area contributed by atoms with E-state index in [1.54, 1.807) is 13.8 Å². The zero-order valence-corrected chi connectivity index (χ0v) is 11.1. The number of amidine groups is 1. The molecule has 10 heteroatoms. The molecule has 0 amide bonds. The summed E-state index contributed by atoms with van der Waals surface area (Å²) in [6.45, 7) is 3.43. The lowest BCUT2D eigenvalue weighted by Gasteiger charge is -2.18. The van der Waals surface area contributed by atoms with Crippen LogP contribution in [0.5, 0.6) is 0 Å². The maximum Gasteiger partial charge on any atom is 0.399 e. The zero-order valence-electron chi connectivity index (χ0n) is 10.3. The highest BCUT2D eigenvalue weighted by Crippen LogP contribution is 2.31. The molecule has 0 saturated heterocycles. The van der Waals surface area contributed by atoms with Crippen molar-refractivity contribution in [3.05, 3.63) is 10.5 Å². The number of nitrogens with zero attached hydrogens (tertiary/aromatic N) is 2. The third-order valence-corrected chi connectivity index (χ3v) is 3.38. The van der Waals surface area contributed by atoms with E-state index in [0.717, 1.165) is 11.8 Å². The summed E-state index contributed by atoms with van der Waals surface area (Å²) in [4.78, 5) is 11.4. The lowest BCUT2D eigenvalue weighted by molar-refractivity contribution is -0.150. The minimum absolute atomic E-state index is 0.149. The van der Waals surface area contributed by atoms with Gasteiger partial charge in [0.15, 0.2) is 5.16 Å². The van der Waals surface area contributed by atoms with Crippen molar-refractivity contribution < 1.29 is 13.2 Å². The van der Waals surface area contributed by atoms with Gasteiger partial charge in [0.05, 0.1) is 0 Å². The molecule has 1 rings (SSSR count). The molecule has 0 aliphatic heterocycles. The maximum atomic E-state index is 12.6. The van der Waals surface area contributed by atoms with Gasteiger partial charge in [-0.05, 0) is 13.8 Å². The van der Waals surface area contributed by atoms with Crippen LogP contribution in [-0.2, 0) is 0 Å². The molecule has 0 aliphatic carbocycles. The Bertz CT molecular complexity index is 507. The predicted octanol–water partition coefficient (Wildman–Crippen LogP) is 1.36. The van der Waals surface area contributed by atoms with Gasteiger partial charge in [0.25, 0.3) is 0 Å². The number of halogens is 3. The van der Waals surface area contributed by atoms with Gasteiger partial charge in [-0.25, -0.2) is 9.89 Å². The van der Waals surface area contributed by atoms with Crippen LogP contribution in [0.2, 0.25) is 0 Å². The summed E-state index contributed by atoms with van der Waals surface area (Å²) < 4.78 is 39.1. The molecule has 4 N–H and O–H groups in total. The second kappa shape index (κ2) is 5.68. The van der Waals surface area contributed by atoms with Gasteiger partial charge in [0.1, 0.15) is 11.8 Å². The highest BCUT2D eigenvalue weighted by Gasteiger charge is 2.42. The van der Waals surface area contributed by atoms with Crippen LogP contribution in [0.3, 0.4) is 0 Å². The van der Waals surface area contributed by atoms with E-state index in [1.807, 2.05) is 0 Å². The van der Waals surface area contributed by atoms with Crippen molar-refractivity contribution in [2.75, 3.05) is 5.75 Å². The number of aromatic nitrogens is 3. The van der Waals surface area contributed by atoms with Crippen molar-refractivity contribution in [1.29, 1.82) is 5.41 Å². The monoisotopic (exact) mass is 297 g/mol. The van der Waals surface area contributed by atoms with Gasteiger partial charge in [-0.15, -0.1) is 5.10 Å². The van der Waals surface area contributed by atoms with Crippen molar-refractivity contribution in [3.63, 3.8) is 0 Å². The molecule has 0 fully saturated rings. The Balaban J connectivity index is 2.87. The van der Waals surface area contributed by atoms with Crippen LogP contribution in [0.1, 0.15) is 19.9 Å². The first-order chi connectivity index (χ1) is 8.64. The molecule has 0 spiro atoms. The molecule has 0 saturated carbocycles. The minimum atomic E-state index is -4.59. The summed E-state index contributed by atoms with van der Waals surface area (Å²) >= 11 is 0.739. The molecule has 0 bridgehead atoms. The lowest BCUT2D eigenvalue weighted by Crippen LogP contribution is -2.37. The smallest absolute Gasteiger partial charge is 0.387 e. The van der Waals surface area contributed by atoms with Crippen molar-refractivity contribution in [3.8, 4) is 0 Å². The first-order valence-corrected chi connectivity index (χ1v) is 6.33. The third kappa shape index (κ3) is 3.75. The highest BCUT2D eigenvalue weighted by molar-refractivity contribution is 7.99. The molecule has 1 aromatic heterocycles. The molecule has 1 heterocycles. The van der Waals surface area contributed by atoms with E-state index < -0.39 is 29.4 Å². The quantitative estimate of drug-likeness (QED) is 0.434. The molecule has 1 atom stereocenters. The number of nitrogens with two attached hydrogens (primary N) is 1. The largest absolute Gasteiger partial charge is 0.399 e. The Morgan fingerprint density at radius 1 is 1.58 bits per heavy atom. The minimum Gasteiger partial charge on any atom is -0.387 e. The van der Waals surface area contributed by atoms with Gasteiger partial charge in [-0.3, -0.25) is 9.98 Å². The van der Waals surface area contributed by atoms with E-state index in [2.05, 4.69) is 10.2 Å². The van der Waals surface area contributed by atoms with E-state index in [9.17, 15) is 18.0 Å². The van der Waals surface area contributed by atoms with E-state index in [0.29, 0.717) is 0 Å². The second-order valence-electron chi connectivity index (χ2n) is 4.14. The van der Waals surface area contributed by atoms with Crippen LogP contribution < -0.4 is 11.4 Å². The number of nitrogens with one attached hydrogen (secondary N) is 2. The Labute approximate surface area is 111 Å². The third-order valence-electron chi connectivity index (χ3n) is 2.34. The number of aromatic amines is 1. The van der Waals surface area contributed by atoms with Crippen LogP contribution in [0.15, 0.2) is 9.95 Å². The van der Waals surface area contributed by atoms with Gasteiger partial charge >= 0.3 is 11.9 Å². The van der Waals surface area contributed by atoms with Crippen LogP contribution in [-0.4, -0.2) is 32.5 Å². The standard InChI is InChI=1S/C9H14F3N5OS/c1-4(2)17-7(18)15-16-8(17)19-3-5(6(13)14)9(10,11)12/h4-5H,3H2,1-2H3,(H3,13,14)(H,15,18). The average molecular weight is 297 g/mol. The number of H-pyrrole nitrogens is 1. The number of hydrogen-bond acceptors (Lipinski definition) is 4. The maximum absolute atomic E-state index is 12.6. The van der Waals surface area contributed by atoms with Crippen LogP contribution in [0, 0.1) is 11.3 Å². The van der Waals surface area contributed by atoms with Crippen molar-refractivity contribution in [2.45, 2.75) is 31.2 Å². The van der Waals surface area contributed by atoms with Gasteiger partial charge in [0.2, 0.25) is 0 Å². The van der Waals surface area contributed by atoms with Crippen LogP contribution >= 0.6 is 11.8 Å². The first-order valence-electron chi connectivity index (χ1n) is 5.35. The Morgan fingerprint density at radius 2 is 2.16 bits per heavy atom. The molecule has 6 nitrogen and oxygen atoms in total. The molecule has 108 valence electrons. The van der Waals surface area contributed by atoms with Crippen LogP contribution in [0.25, 0.3) is 0 Å². The Kier molecular flexibility index (Phi) is 4.66. The molecular formula is C9H14F3N5OS. The van der Waals surface area contributed by atoms with E-state index in [1.165, 1.54) is 4.57 Å². The van der Waals surface area contributed by atoms with Gasteiger partial charge in [-0.2, -0.15) is 13.2 Å². The van der Waals surface area contributed by atoms with E-state index in [-0.39, 0.29) is 11.2 Å². The number of rotatable bonds is 5. The molecule has 1 aromatic rings. The molecule has 1 unspecified atom stereocenters. The first kappa shape index (κ1) is 15.6. The molecule has 0 aliphatic rings. The number of hydrogen-bond donors (Lipinski definition) is 3. The molecular weight excluding hydrogens is 283 g/mol. The Morgan fingerprint density at radius 3 is 2.58 bits per heavy atom. The molecule has 0 radical (unpaired) electrons. The summed E-state index contributed by atoms with van der Waals surface area (Å²) in [7, 11) is 0. The fraction of sp³-hybridized carbons (Fsp3) is 0.667. The summed E-state index contributed by atoms with van der Waals surface area (Å²) in [5.41, 5.74) is 4.46. The van der Waals surface area contributed by atoms with Gasteiger partial charge < -0.3 is 5.73 Å². The SMILES string of the molecule is CC(C)n1c(SCC(C(=N)N)C(F)(F)F)n[nH]c1=O. The number of thioether (sulfide) groups is 1. The van der Waals surface area contributed by atoms with Gasteiger partial charge in [-0.1, -0.05) is 11.8 Å². The topological polar surface area (TPSA) is 101 Å². The summed E-state index contributed by atoms with van der Waals surface area (Å²) in [5, 5.41) is 13.0. The fourth-order valence-corrected chi connectivity index (χ4v) is 2.59. The molecule has 19 heavy (non-hydrogen) atoms. The van der Waals surface area contributed by atoms with Crippen molar-refractivity contribution in [1.82, 2.24) is 14.8 Å². The van der Waals surface area contributed by atoms with Crippen LogP contribution in [0.4, 0.5) is 13.2 Å². The van der Waals surface area contributed by atoms with Crippen molar-refractivity contribution >= 4 is 17.6 Å². The Hall–Kier alpha value is -1.45. The molecule has 0 aromatic carbocycles. The van der Waals surface area contributed by atoms with Crippen molar-refractivity contribution in [2.24, 2.45) is 11.7 Å². The van der Waals surface area contributed by atoms with E-state index >= 15 is 0 Å². The summed E-state index contributed by atoms with van der Waals surface area (Å²) in [6.07, 6.45) is -4.59. The van der Waals surface area contributed by atoms with E-state index in [4.69, 9.17) is 11.1 Å². The fourth-order valence-electron chi connectivity index (χ4n) is 1.37. The van der Waals surface area contributed by atoms with Gasteiger partial charge in [0, 0.05) is 11.8 Å².